The molecule has 1 aliphatic rings. The number of nitrogens with one attached hydrogen (secondary N) is 3. The van der Waals surface area contributed by atoms with E-state index in [2.05, 4.69) is 39.9 Å². The first-order chi connectivity index (χ1) is 9.75. The van der Waals surface area contributed by atoms with Crippen LogP contribution in [0.4, 0.5) is 4.79 Å². The van der Waals surface area contributed by atoms with E-state index < -0.39 is 6.03 Å². The van der Waals surface area contributed by atoms with E-state index in [-0.39, 0.29) is 0 Å². The van der Waals surface area contributed by atoms with Crippen molar-refractivity contribution < 1.29 is 4.79 Å². The number of amides is 2. The van der Waals surface area contributed by atoms with Gasteiger partial charge in [-0.05, 0) is 30.9 Å². The number of para-hydroxylation sites is 1. The number of carbonyl (C=O) groups is 1. The van der Waals surface area contributed by atoms with Crippen molar-refractivity contribution in [2.24, 2.45) is 5.73 Å². The van der Waals surface area contributed by atoms with Crippen molar-refractivity contribution in [3.05, 3.63) is 35.5 Å². The average molecular weight is 272 g/mol. The molecule has 3 rings (SSSR count). The summed E-state index contributed by atoms with van der Waals surface area (Å²) in [7, 11) is 0. The molecule has 2 amide bonds. The van der Waals surface area contributed by atoms with Gasteiger partial charge in [0.2, 0.25) is 0 Å². The first kappa shape index (κ1) is 13.0. The largest absolute Gasteiger partial charge is 0.357 e. The van der Waals surface area contributed by atoms with Crippen LogP contribution < -0.4 is 16.4 Å². The molecule has 5 heteroatoms. The molecule has 1 atom stereocenters. The van der Waals surface area contributed by atoms with Gasteiger partial charge in [0.25, 0.3) is 0 Å². The second-order valence-corrected chi connectivity index (χ2v) is 5.25. The number of primary amides is 1. The summed E-state index contributed by atoms with van der Waals surface area (Å²) in [5.74, 6) is 0. The van der Waals surface area contributed by atoms with E-state index in [1.165, 1.54) is 28.6 Å². The highest BCUT2D eigenvalue weighted by Crippen LogP contribution is 2.34. The molecule has 20 heavy (non-hydrogen) atoms. The van der Waals surface area contributed by atoms with Gasteiger partial charge in [-0.3, -0.25) is 0 Å². The normalized spacial score (nSPS) is 17.9. The predicted molar refractivity (Wildman–Crippen MR) is 79.6 cm³/mol. The Kier molecular flexibility index (Phi) is 3.60. The van der Waals surface area contributed by atoms with Crippen molar-refractivity contribution in [3.63, 3.8) is 0 Å². The molecule has 0 spiro atoms. The highest BCUT2D eigenvalue weighted by atomic mass is 16.2. The van der Waals surface area contributed by atoms with Crippen molar-refractivity contribution >= 4 is 16.9 Å². The zero-order chi connectivity index (χ0) is 13.9. The van der Waals surface area contributed by atoms with Gasteiger partial charge in [-0.1, -0.05) is 18.2 Å². The van der Waals surface area contributed by atoms with Crippen LogP contribution in [0.3, 0.4) is 0 Å². The highest BCUT2D eigenvalue weighted by Gasteiger charge is 2.23. The number of urea groups is 1. The summed E-state index contributed by atoms with van der Waals surface area (Å²) in [6, 6.07) is 8.32. The van der Waals surface area contributed by atoms with Crippen LogP contribution in [0.1, 0.15) is 30.1 Å². The Morgan fingerprint density at radius 2 is 2.20 bits per heavy atom. The van der Waals surface area contributed by atoms with E-state index >= 15 is 0 Å². The molecular weight excluding hydrogens is 252 g/mol. The average Bonchev–Trinajstić information content (AvgIpc) is 2.83. The van der Waals surface area contributed by atoms with E-state index in [9.17, 15) is 4.79 Å². The lowest BCUT2D eigenvalue weighted by molar-refractivity contribution is 0.248. The van der Waals surface area contributed by atoms with Gasteiger partial charge in [0, 0.05) is 35.7 Å². The predicted octanol–water partition coefficient (Wildman–Crippen LogP) is 1.80. The van der Waals surface area contributed by atoms with E-state index in [1.54, 1.807) is 0 Å². The van der Waals surface area contributed by atoms with Gasteiger partial charge in [0.05, 0.1) is 0 Å². The molecule has 5 N–H and O–H groups in total. The van der Waals surface area contributed by atoms with Crippen molar-refractivity contribution in [2.45, 2.75) is 25.3 Å². The van der Waals surface area contributed by atoms with Crippen molar-refractivity contribution in [1.82, 2.24) is 15.6 Å². The fourth-order valence-corrected chi connectivity index (χ4v) is 3.05. The van der Waals surface area contributed by atoms with Gasteiger partial charge in [-0.25, -0.2) is 4.79 Å². The fraction of sp³-hybridized carbons (Fsp3) is 0.400. The van der Waals surface area contributed by atoms with Gasteiger partial charge in [0.1, 0.15) is 0 Å². The third-order valence-electron chi connectivity index (χ3n) is 3.93. The number of hydrogen-bond donors (Lipinski definition) is 4. The Morgan fingerprint density at radius 1 is 1.35 bits per heavy atom. The second-order valence-electron chi connectivity index (χ2n) is 5.25. The third-order valence-corrected chi connectivity index (χ3v) is 3.93. The van der Waals surface area contributed by atoms with Crippen LogP contribution in [0.2, 0.25) is 0 Å². The summed E-state index contributed by atoms with van der Waals surface area (Å²) in [4.78, 5) is 14.2. The molecule has 0 fully saturated rings. The molecule has 5 nitrogen and oxygen atoms in total. The minimum absolute atomic E-state index is 0.334. The van der Waals surface area contributed by atoms with Gasteiger partial charge >= 0.3 is 6.03 Å². The Balaban J connectivity index is 1.74. The summed E-state index contributed by atoms with van der Waals surface area (Å²) in [5, 5.41) is 7.43. The van der Waals surface area contributed by atoms with Crippen LogP contribution in [0.15, 0.2) is 24.3 Å². The number of hydrogen-bond acceptors (Lipinski definition) is 2. The second kappa shape index (κ2) is 5.54. The molecule has 1 aromatic carbocycles. The van der Waals surface area contributed by atoms with Crippen LogP contribution in [0.25, 0.3) is 10.9 Å². The summed E-state index contributed by atoms with van der Waals surface area (Å²) >= 11 is 0. The minimum Gasteiger partial charge on any atom is -0.357 e. The van der Waals surface area contributed by atoms with Crippen LogP contribution in [-0.4, -0.2) is 24.1 Å². The topological polar surface area (TPSA) is 82.9 Å². The SMILES string of the molecule is NC(=O)NCCNC1CCCc2c1[nH]c1ccccc21. The third kappa shape index (κ3) is 2.49. The van der Waals surface area contributed by atoms with Crippen molar-refractivity contribution in [1.29, 1.82) is 0 Å². The number of aromatic nitrogens is 1. The van der Waals surface area contributed by atoms with Gasteiger partial charge in [-0.2, -0.15) is 0 Å². The highest BCUT2D eigenvalue weighted by molar-refractivity contribution is 5.85. The Morgan fingerprint density at radius 3 is 3.05 bits per heavy atom. The summed E-state index contributed by atoms with van der Waals surface area (Å²) < 4.78 is 0. The molecule has 2 aromatic rings. The zero-order valence-electron chi connectivity index (χ0n) is 11.4. The lowest BCUT2D eigenvalue weighted by Crippen LogP contribution is -2.37. The molecule has 0 saturated carbocycles. The molecule has 1 aromatic heterocycles. The molecule has 1 heterocycles. The first-order valence-corrected chi connectivity index (χ1v) is 7.12. The molecule has 1 aliphatic carbocycles. The molecule has 0 radical (unpaired) electrons. The number of rotatable bonds is 4. The monoisotopic (exact) mass is 272 g/mol. The van der Waals surface area contributed by atoms with Crippen LogP contribution in [0.5, 0.6) is 0 Å². The lowest BCUT2D eigenvalue weighted by atomic mass is 9.92. The standard InChI is InChI=1S/C15H20N4O/c16-15(20)18-9-8-17-13-7-3-5-11-10-4-1-2-6-12(10)19-14(11)13/h1-2,4,6,13,17,19H,3,5,7-9H2,(H3,16,18,20). The van der Waals surface area contributed by atoms with E-state index in [0.717, 1.165) is 19.4 Å². The quantitative estimate of drug-likeness (QED) is 0.640. The maximum absolute atomic E-state index is 10.6. The number of H-pyrrole nitrogens is 1. The molecule has 106 valence electrons. The minimum atomic E-state index is -0.471. The molecule has 0 aliphatic heterocycles. The van der Waals surface area contributed by atoms with Gasteiger partial charge < -0.3 is 21.4 Å². The number of benzene rings is 1. The Hall–Kier alpha value is -2.01. The number of fused-ring (bicyclic) bond motifs is 3. The van der Waals surface area contributed by atoms with Gasteiger partial charge in [-0.15, -0.1) is 0 Å². The van der Waals surface area contributed by atoms with E-state index in [4.69, 9.17) is 5.73 Å². The smallest absolute Gasteiger partial charge is 0.312 e. The number of aromatic amines is 1. The maximum Gasteiger partial charge on any atom is 0.312 e. The number of nitrogens with two attached hydrogens (primary N) is 1. The van der Waals surface area contributed by atoms with Crippen LogP contribution in [-0.2, 0) is 6.42 Å². The van der Waals surface area contributed by atoms with Crippen molar-refractivity contribution in [2.75, 3.05) is 13.1 Å². The summed E-state index contributed by atoms with van der Waals surface area (Å²) in [5.41, 5.74) is 9.00. The number of carbonyl (C=O) groups excluding carboxylic acids is 1. The summed E-state index contributed by atoms with van der Waals surface area (Å²) in [6.45, 7) is 1.28. The Labute approximate surface area is 117 Å². The fourth-order valence-electron chi connectivity index (χ4n) is 3.05. The Bertz CT molecular complexity index is 619. The van der Waals surface area contributed by atoms with E-state index in [0.29, 0.717) is 12.6 Å². The van der Waals surface area contributed by atoms with Gasteiger partial charge in [0.15, 0.2) is 0 Å². The number of aryl methyl sites for hydroxylation is 1. The van der Waals surface area contributed by atoms with Crippen molar-refractivity contribution in [3.8, 4) is 0 Å². The summed E-state index contributed by atoms with van der Waals surface area (Å²) in [6.07, 6.45) is 3.45. The molecule has 1 unspecified atom stereocenters. The maximum atomic E-state index is 10.6. The van der Waals surface area contributed by atoms with E-state index in [1.807, 2.05) is 0 Å². The van der Waals surface area contributed by atoms with Crippen LogP contribution in [0, 0.1) is 0 Å². The lowest BCUT2D eigenvalue weighted by Gasteiger charge is -2.24. The molecule has 0 bridgehead atoms. The zero-order valence-corrected chi connectivity index (χ0v) is 11.4. The molecular formula is C15H20N4O. The first-order valence-electron chi connectivity index (χ1n) is 7.12. The molecule has 0 saturated heterocycles. The van der Waals surface area contributed by atoms with Crippen LogP contribution >= 0.6 is 0 Å².